The number of unbranched alkanes of at least 4 members (excludes halogenated alkanes) is 1. The zero-order valence-corrected chi connectivity index (χ0v) is 13.1. The van der Waals surface area contributed by atoms with E-state index in [0.29, 0.717) is 18.8 Å². The molecular formula is C14H20ClN5O. The van der Waals surface area contributed by atoms with Crippen LogP contribution in [-0.2, 0) is 20.0 Å². The molecule has 0 saturated heterocycles. The van der Waals surface area contributed by atoms with Crippen LogP contribution in [0.2, 0.25) is 5.02 Å². The van der Waals surface area contributed by atoms with Crippen molar-refractivity contribution in [1.29, 1.82) is 0 Å². The molecule has 0 aliphatic carbocycles. The molecule has 0 radical (unpaired) electrons. The van der Waals surface area contributed by atoms with E-state index in [0.717, 1.165) is 25.0 Å². The van der Waals surface area contributed by atoms with Crippen LogP contribution in [0.5, 0.6) is 0 Å². The molecule has 7 heteroatoms. The molecule has 2 aromatic rings. The first-order chi connectivity index (χ1) is 10.1. The van der Waals surface area contributed by atoms with Crippen molar-refractivity contribution in [3.8, 4) is 0 Å². The van der Waals surface area contributed by atoms with Crippen LogP contribution in [0, 0.1) is 0 Å². The third-order valence-electron chi connectivity index (χ3n) is 3.17. The monoisotopic (exact) mass is 309 g/mol. The van der Waals surface area contributed by atoms with Crippen LogP contribution < -0.4 is 10.9 Å². The predicted octanol–water partition coefficient (Wildman–Crippen LogP) is 2.08. The number of anilines is 1. The molecule has 0 aromatic carbocycles. The average Bonchev–Trinajstić information content (AvgIpc) is 2.88. The minimum absolute atomic E-state index is 0.196. The van der Waals surface area contributed by atoms with Gasteiger partial charge in [-0.15, -0.1) is 0 Å². The third kappa shape index (κ3) is 4.07. The Kier molecular flexibility index (Phi) is 5.38. The fourth-order valence-electron chi connectivity index (χ4n) is 1.98. The Morgan fingerprint density at radius 2 is 2.24 bits per heavy atom. The van der Waals surface area contributed by atoms with Gasteiger partial charge in [0.05, 0.1) is 17.6 Å². The average molecular weight is 310 g/mol. The highest BCUT2D eigenvalue weighted by Gasteiger charge is 2.08. The van der Waals surface area contributed by atoms with Gasteiger partial charge in [0, 0.05) is 32.8 Å². The van der Waals surface area contributed by atoms with E-state index >= 15 is 0 Å². The second-order valence-corrected chi connectivity index (χ2v) is 5.29. The smallest absolute Gasteiger partial charge is 0.287 e. The summed E-state index contributed by atoms with van der Waals surface area (Å²) >= 11 is 6.11. The molecule has 21 heavy (non-hydrogen) atoms. The number of hydrogen-bond donors (Lipinski definition) is 1. The topological polar surface area (TPSA) is 64.7 Å². The molecule has 0 amide bonds. The number of nitrogens with one attached hydrogen (secondary N) is 1. The Morgan fingerprint density at radius 3 is 2.90 bits per heavy atom. The van der Waals surface area contributed by atoms with Gasteiger partial charge in [0.1, 0.15) is 5.02 Å². The molecule has 0 saturated carbocycles. The molecule has 2 aromatic heterocycles. The quantitative estimate of drug-likeness (QED) is 0.850. The first kappa shape index (κ1) is 15.6. The molecule has 0 spiro atoms. The minimum atomic E-state index is -0.243. The Bertz CT molecular complexity index is 649. The van der Waals surface area contributed by atoms with E-state index in [1.165, 1.54) is 4.68 Å². The summed E-state index contributed by atoms with van der Waals surface area (Å²) in [7, 11) is 1.88. The van der Waals surface area contributed by atoms with Crippen LogP contribution in [0.15, 0.2) is 23.3 Å². The van der Waals surface area contributed by atoms with Gasteiger partial charge < -0.3 is 5.32 Å². The lowest BCUT2D eigenvalue weighted by atomic mass is 10.3. The molecule has 0 unspecified atom stereocenters. The fourth-order valence-corrected chi connectivity index (χ4v) is 2.19. The zero-order chi connectivity index (χ0) is 15.2. The Balaban J connectivity index is 1.97. The maximum absolute atomic E-state index is 12.0. The van der Waals surface area contributed by atoms with Crippen LogP contribution in [0.1, 0.15) is 25.5 Å². The molecule has 0 aliphatic rings. The van der Waals surface area contributed by atoms with Gasteiger partial charge in [-0.3, -0.25) is 9.48 Å². The number of halogens is 1. The molecule has 2 rings (SSSR count). The first-order valence-corrected chi connectivity index (χ1v) is 7.47. The summed E-state index contributed by atoms with van der Waals surface area (Å²) in [6, 6.07) is 1.96. The lowest BCUT2D eigenvalue weighted by molar-refractivity contribution is 0.543. The molecule has 114 valence electrons. The minimum Gasteiger partial charge on any atom is -0.382 e. The summed E-state index contributed by atoms with van der Waals surface area (Å²) in [4.78, 5) is 12.0. The molecular weight excluding hydrogens is 290 g/mol. The van der Waals surface area contributed by atoms with Crippen molar-refractivity contribution < 1.29 is 0 Å². The summed E-state index contributed by atoms with van der Waals surface area (Å²) in [5.41, 5.74) is 1.32. The highest BCUT2D eigenvalue weighted by Crippen LogP contribution is 2.15. The van der Waals surface area contributed by atoms with E-state index in [4.69, 9.17) is 11.6 Å². The number of hydrogen-bond acceptors (Lipinski definition) is 4. The molecule has 6 nitrogen and oxygen atoms in total. The third-order valence-corrected chi connectivity index (χ3v) is 3.54. The van der Waals surface area contributed by atoms with Gasteiger partial charge in [-0.1, -0.05) is 24.9 Å². The van der Waals surface area contributed by atoms with Gasteiger partial charge in [0.2, 0.25) is 0 Å². The Hall–Kier alpha value is -1.82. The van der Waals surface area contributed by atoms with Crippen molar-refractivity contribution in [2.24, 2.45) is 7.05 Å². The van der Waals surface area contributed by atoms with Crippen molar-refractivity contribution in [3.05, 3.63) is 39.5 Å². The SMILES string of the molecule is CCCCn1ncc(NCCc2ccn(C)n2)c(Cl)c1=O. The van der Waals surface area contributed by atoms with Gasteiger partial charge >= 0.3 is 0 Å². The maximum atomic E-state index is 12.0. The summed E-state index contributed by atoms with van der Waals surface area (Å²) < 4.78 is 3.18. The molecule has 2 heterocycles. The highest BCUT2D eigenvalue weighted by molar-refractivity contribution is 6.32. The maximum Gasteiger partial charge on any atom is 0.287 e. The van der Waals surface area contributed by atoms with E-state index in [1.54, 1.807) is 10.9 Å². The molecule has 0 atom stereocenters. The molecule has 0 aliphatic heterocycles. The predicted molar refractivity (Wildman–Crippen MR) is 83.8 cm³/mol. The molecule has 0 fully saturated rings. The number of aryl methyl sites for hydroxylation is 2. The van der Waals surface area contributed by atoms with Crippen LogP contribution in [0.25, 0.3) is 0 Å². The molecule has 1 N–H and O–H groups in total. The normalized spacial score (nSPS) is 10.8. The van der Waals surface area contributed by atoms with Crippen LogP contribution in [-0.4, -0.2) is 26.1 Å². The summed E-state index contributed by atoms with van der Waals surface area (Å²) in [5, 5.41) is 11.8. The van der Waals surface area contributed by atoms with E-state index in [1.807, 2.05) is 19.3 Å². The van der Waals surface area contributed by atoms with Gasteiger partial charge in [-0.2, -0.15) is 10.2 Å². The van der Waals surface area contributed by atoms with E-state index in [-0.39, 0.29) is 10.6 Å². The van der Waals surface area contributed by atoms with Crippen LogP contribution in [0.4, 0.5) is 5.69 Å². The number of nitrogens with zero attached hydrogens (tertiary/aromatic N) is 4. The van der Waals surface area contributed by atoms with Crippen molar-refractivity contribution in [1.82, 2.24) is 19.6 Å². The van der Waals surface area contributed by atoms with E-state index in [2.05, 4.69) is 22.4 Å². The molecule has 0 bridgehead atoms. The van der Waals surface area contributed by atoms with E-state index < -0.39 is 0 Å². The first-order valence-electron chi connectivity index (χ1n) is 7.10. The second-order valence-electron chi connectivity index (χ2n) is 4.91. The Morgan fingerprint density at radius 1 is 1.43 bits per heavy atom. The van der Waals surface area contributed by atoms with Crippen molar-refractivity contribution in [2.75, 3.05) is 11.9 Å². The Labute approximate surface area is 128 Å². The van der Waals surface area contributed by atoms with Crippen molar-refractivity contribution in [2.45, 2.75) is 32.7 Å². The number of rotatable bonds is 7. The largest absolute Gasteiger partial charge is 0.382 e. The summed E-state index contributed by atoms with van der Waals surface area (Å²) in [6.45, 7) is 3.32. The zero-order valence-electron chi connectivity index (χ0n) is 12.3. The van der Waals surface area contributed by atoms with Crippen LogP contribution in [0.3, 0.4) is 0 Å². The van der Waals surface area contributed by atoms with E-state index in [9.17, 15) is 4.79 Å². The van der Waals surface area contributed by atoms with Crippen molar-refractivity contribution >= 4 is 17.3 Å². The number of aromatic nitrogens is 4. The lowest BCUT2D eigenvalue weighted by Gasteiger charge is -2.09. The fraction of sp³-hybridized carbons (Fsp3) is 0.500. The van der Waals surface area contributed by atoms with Gasteiger partial charge in [0.15, 0.2) is 0 Å². The van der Waals surface area contributed by atoms with Gasteiger partial charge in [-0.25, -0.2) is 4.68 Å². The van der Waals surface area contributed by atoms with Crippen LogP contribution >= 0.6 is 11.6 Å². The standard InChI is InChI=1S/C14H20ClN5O/c1-3-4-8-20-14(21)13(15)12(10-17-20)16-7-5-11-6-9-19(2)18-11/h6,9-10,16H,3-5,7-8H2,1-2H3. The summed E-state index contributed by atoms with van der Waals surface area (Å²) in [5.74, 6) is 0. The van der Waals surface area contributed by atoms with Gasteiger partial charge in [0.25, 0.3) is 5.56 Å². The highest BCUT2D eigenvalue weighted by atomic mass is 35.5. The summed E-state index contributed by atoms with van der Waals surface area (Å²) in [6.07, 6.45) is 6.19. The van der Waals surface area contributed by atoms with Gasteiger partial charge in [-0.05, 0) is 12.5 Å². The second kappa shape index (κ2) is 7.26. The lowest BCUT2D eigenvalue weighted by Crippen LogP contribution is -2.24. The van der Waals surface area contributed by atoms with Crippen molar-refractivity contribution in [3.63, 3.8) is 0 Å².